The molecule has 4 nitrogen and oxygen atoms in total. The van der Waals surface area contributed by atoms with E-state index in [9.17, 15) is 0 Å². The van der Waals surface area contributed by atoms with Gasteiger partial charge < -0.3 is 11.1 Å². The lowest BCUT2D eigenvalue weighted by Gasteiger charge is -2.27. The summed E-state index contributed by atoms with van der Waals surface area (Å²) < 4.78 is 0. The summed E-state index contributed by atoms with van der Waals surface area (Å²) in [5, 5.41) is 3.16. The Morgan fingerprint density at radius 3 is 2.65 bits per heavy atom. The van der Waals surface area contributed by atoms with Crippen molar-refractivity contribution in [1.82, 2.24) is 9.97 Å². The molecule has 0 saturated carbocycles. The normalized spacial score (nSPS) is 15.6. The third-order valence-corrected chi connectivity index (χ3v) is 4.50. The highest BCUT2D eigenvalue weighted by Gasteiger charge is 2.27. The van der Waals surface area contributed by atoms with Gasteiger partial charge in [-0.25, -0.2) is 9.97 Å². The number of nitrogens with one attached hydrogen (secondary N) is 1. The van der Waals surface area contributed by atoms with Crippen LogP contribution in [0.25, 0.3) is 11.3 Å². The van der Waals surface area contributed by atoms with E-state index >= 15 is 0 Å². The van der Waals surface area contributed by atoms with Gasteiger partial charge in [-0.2, -0.15) is 0 Å². The van der Waals surface area contributed by atoms with Gasteiger partial charge in [-0.3, -0.25) is 0 Å². The Morgan fingerprint density at radius 1 is 1.09 bits per heavy atom. The van der Waals surface area contributed by atoms with Crippen LogP contribution >= 0.6 is 0 Å². The van der Waals surface area contributed by atoms with Crippen molar-refractivity contribution in [3.8, 4) is 11.3 Å². The summed E-state index contributed by atoms with van der Waals surface area (Å²) in [6, 6.07) is 17.1. The fourth-order valence-corrected chi connectivity index (χ4v) is 3.33. The Balaban J connectivity index is 1.85. The molecule has 23 heavy (non-hydrogen) atoms. The van der Waals surface area contributed by atoms with Gasteiger partial charge in [-0.15, -0.1) is 0 Å². The van der Waals surface area contributed by atoms with E-state index in [1.807, 2.05) is 19.3 Å². The number of hydrogen-bond donors (Lipinski definition) is 2. The fourth-order valence-electron chi connectivity index (χ4n) is 3.33. The molecule has 0 aliphatic heterocycles. The lowest BCUT2D eigenvalue weighted by atomic mass is 9.78. The highest BCUT2D eigenvalue weighted by molar-refractivity contribution is 5.72. The minimum absolute atomic E-state index is 0.317. The van der Waals surface area contributed by atoms with E-state index in [0.717, 1.165) is 28.9 Å². The molecule has 4 heteroatoms. The van der Waals surface area contributed by atoms with Crippen LogP contribution in [-0.2, 0) is 6.42 Å². The quantitative estimate of drug-likeness (QED) is 0.761. The zero-order valence-corrected chi connectivity index (χ0v) is 13.0. The third-order valence-electron chi connectivity index (χ3n) is 4.50. The number of nitrogen functional groups attached to an aromatic ring is 1. The van der Waals surface area contributed by atoms with Crippen LogP contribution in [0.3, 0.4) is 0 Å². The highest BCUT2D eigenvalue weighted by Crippen LogP contribution is 2.41. The monoisotopic (exact) mass is 302 g/mol. The number of aromatic nitrogens is 2. The van der Waals surface area contributed by atoms with E-state index in [-0.39, 0.29) is 0 Å². The molecule has 0 bridgehead atoms. The fraction of sp³-hybridized carbons (Fsp3) is 0.158. The summed E-state index contributed by atoms with van der Waals surface area (Å²) in [5.41, 5.74) is 12.8. The van der Waals surface area contributed by atoms with Gasteiger partial charge in [0.15, 0.2) is 0 Å². The van der Waals surface area contributed by atoms with Crippen molar-refractivity contribution in [2.24, 2.45) is 0 Å². The van der Waals surface area contributed by atoms with Gasteiger partial charge in [-0.05, 0) is 35.2 Å². The molecule has 114 valence electrons. The molecule has 0 spiro atoms. The first-order chi connectivity index (χ1) is 11.3. The molecule has 0 saturated heterocycles. The first-order valence-corrected chi connectivity index (χ1v) is 7.74. The summed E-state index contributed by atoms with van der Waals surface area (Å²) in [6.45, 7) is 0. The smallest absolute Gasteiger partial charge is 0.220 e. The van der Waals surface area contributed by atoms with Crippen molar-refractivity contribution in [2.75, 3.05) is 18.1 Å². The van der Waals surface area contributed by atoms with Gasteiger partial charge >= 0.3 is 0 Å². The topological polar surface area (TPSA) is 63.8 Å². The van der Waals surface area contributed by atoms with Crippen molar-refractivity contribution in [3.63, 3.8) is 0 Å². The van der Waals surface area contributed by atoms with E-state index in [1.165, 1.54) is 11.1 Å². The molecule has 0 amide bonds. The van der Waals surface area contributed by atoms with Crippen molar-refractivity contribution in [1.29, 1.82) is 0 Å². The average Bonchev–Trinajstić information content (AvgIpc) is 2.61. The first kappa shape index (κ1) is 13.8. The largest absolute Gasteiger partial charge is 0.388 e. The molecule has 3 N–H and O–H groups in total. The van der Waals surface area contributed by atoms with Crippen LogP contribution in [0, 0.1) is 0 Å². The van der Waals surface area contributed by atoms with Gasteiger partial charge in [0.25, 0.3) is 0 Å². The Hall–Kier alpha value is -2.88. The number of anilines is 2. The van der Waals surface area contributed by atoms with Crippen LogP contribution in [0.15, 0.2) is 54.7 Å². The van der Waals surface area contributed by atoms with Crippen molar-refractivity contribution in [2.45, 2.75) is 12.3 Å². The molecule has 0 fully saturated rings. The van der Waals surface area contributed by atoms with Gasteiger partial charge in [0.2, 0.25) is 5.95 Å². The third kappa shape index (κ3) is 2.32. The molecule has 1 heterocycles. The molecular formula is C19H18N4. The second kappa shape index (κ2) is 5.39. The van der Waals surface area contributed by atoms with E-state index in [2.05, 4.69) is 57.7 Å². The Morgan fingerprint density at radius 2 is 1.87 bits per heavy atom. The molecule has 4 rings (SSSR count). The van der Waals surface area contributed by atoms with E-state index in [0.29, 0.717) is 11.9 Å². The lowest BCUT2D eigenvalue weighted by Crippen LogP contribution is -2.15. The van der Waals surface area contributed by atoms with Gasteiger partial charge in [-0.1, -0.05) is 36.4 Å². The zero-order valence-electron chi connectivity index (χ0n) is 13.0. The summed E-state index contributed by atoms with van der Waals surface area (Å²) in [7, 11) is 1.93. The number of nitrogens with two attached hydrogens (primary N) is 1. The van der Waals surface area contributed by atoms with Gasteiger partial charge in [0.05, 0.1) is 5.69 Å². The highest BCUT2D eigenvalue weighted by atomic mass is 15.0. The second-order valence-corrected chi connectivity index (χ2v) is 5.82. The van der Waals surface area contributed by atoms with Crippen molar-refractivity contribution >= 4 is 11.6 Å². The Bertz CT molecular complexity index is 855. The predicted molar refractivity (Wildman–Crippen MR) is 93.4 cm³/mol. The second-order valence-electron chi connectivity index (χ2n) is 5.82. The van der Waals surface area contributed by atoms with Crippen LogP contribution in [0.5, 0.6) is 0 Å². The summed E-state index contributed by atoms with van der Waals surface area (Å²) in [6.07, 6.45) is 2.76. The maximum absolute atomic E-state index is 5.79. The summed E-state index contributed by atoms with van der Waals surface area (Å²) in [4.78, 5) is 8.64. The van der Waals surface area contributed by atoms with E-state index in [1.54, 1.807) is 0 Å². The number of rotatable bonds is 2. The minimum Gasteiger partial charge on any atom is -0.388 e. The van der Waals surface area contributed by atoms with Crippen LogP contribution in [-0.4, -0.2) is 17.0 Å². The van der Waals surface area contributed by atoms with Crippen LogP contribution in [0.1, 0.15) is 22.6 Å². The molecule has 1 aliphatic rings. The SMILES string of the molecule is CNc1ccc(C2Cc3cnc(N)nc3-c3ccccc32)cc1. The maximum atomic E-state index is 5.79. The molecule has 2 aromatic carbocycles. The molecule has 3 aromatic rings. The van der Waals surface area contributed by atoms with Gasteiger partial charge in [0, 0.05) is 30.4 Å². The Kier molecular flexibility index (Phi) is 3.23. The number of benzene rings is 2. The van der Waals surface area contributed by atoms with Crippen LogP contribution < -0.4 is 11.1 Å². The summed E-state index contributed by atoms with van der Waals surface area (Å²) in [5.74, 6) is 0.646. The molecule has 1 aromatic heterocycles. The first-order valence-electron chi connectivity index (χ1n) is 7.74. The van der Waals surface area contributed by atoms with Crippen molar-refractivity contribution < 1.29 is 0 Å². The summed E-state index contributed by atoms with van der Waals surface area (Å²) >= 11 is 0. The standard InChI is InChI=1S/C19H18N4/c1-21-14-8-6-12(7-9-14)17-10-13-11-22-19(20)23-18(13)16-5-3-2-4-15(16)17/h2-9,11,17,21H,10H2,1H3,(H2,20,22,23). The maximum Gasteiger partial charge on any atom is 0.220 e. The molecule has 1 aliphatic carbocycles. The predicted octanol–water partition coefficient (Wildman–Crippen LogP) is 3.46. The zero-order chi connectivity index (χ0) is 15.8. The van der Waals surface area contributed by atoms with Crippen molar-refractivity contribution in [3.05, 3.63) is 71.4 Å². The number of nitrogens with zero attached hydrogens (tertiary/aromatic N) is 2. The average molecular weight is 302 g/mol. The Labute approximate surface area is 135 Å². The minimum atomic E-state index is 0.317. The van der Waals surface area contributed by atoms with Gasteiger partial charge in [0.1, 0.15) is 0 Å². The lowest BCUT2D eigenvalue weighted by molar-refractivity contribution is 0.783. The molecule has 0 radical (unpaired) electrons. The molecule has 1 atom stereocenters. The number of hydrogen-bond acceptors (Lipinski definition) is 4. The number of fused-ring (bicyclic) bond motifs is 3. The van der Waals surface area contributed by atoms with Crippen LogP contribution in [0.2, 0.25) is 0 Å². The molecular weight excluding hydrogens is 284 g/mol. The van der Waals surface area contributed by atoms with E-state index in [4.69, 9.17) is 5.73 Å². The van der Waals surface area contributed by atoms with E-state index < -0.39 is 0 Å². The molecule has 1 unspecified atom stereocenters. The van der Waals surface area contributed by atoms with Crippen LogP contribution in [0.4, 0.5) is 11.6 Å².